The number of halogens is 1. The first-order valence-electron chi connectivity index (χ1n) is 6.38. The fourth-order valence-corrected chi connectivity index (χ4v) is 5.04. The van der Waals surface area contributed by atoms with Crippen LogP contribution >= 0.6 is 15.9 Å². The maximum absolute atomic E-state index is 12.7. The number of carboxylic acid groups (broad SMARTS) is 1. The van der Waals surface area contributed by atoms with Crippen LogP contribution in [0.25, 0.3) is 0 Å². The number of hydrogen-bond donors (Lipinski definition) is 1. The van der Waals surface area contributed by atoms with Crippen molar-refractivity contribution in [2.24, 2.45) is 0 Å². The van der Waals surface area contributed by atoms with Crippen molar-refractivity contribution < 1.29 is 18.3 Å². The predicted molar refractivity (Wildman–Crippen MR) is 78.3 cm³/mol. The predicted octanol–water partition coefficient (Wildman–Crippen LogP) is 2.71. The molecule has 5 nitrogen and oxygen atoms in total. The van der Waals surface area contributed by atoms with E-state index in [9.17, 15) is 13.2 Å². The molecule has 1 aliphatic rings. The van der Waals surface area contributed by atoms with Gasteiger partial charge < -0.3 is 5.11 Å². The number of nitrogens with zero attached hydrogens (tertiary/aromatic N) is 1. The van der Waals surface area contributed by atoms with Crippen LogP contribution in [0.3, 0.4) is 0 Å². The third-order valence-electron chi connectivity index (χ3n) is 3.51. The van der Waals surface area contributed by atoms with E-state index in [1.54, 1.807) is 0 Å². The lowest BCUT2D eigenvalue weighted by atomic mass is 10.1. The average molecular weight is 362 g/mol. The van der Waals surface area contributed by atoms with Crippen LogP contribution in [0.4, 0.5) is 0 Å². The molecule has 1 aromatic rings. The van der Waals surface area contributed by atoms with Gasteiger partial charge in [-0.05, 0) is 53.9 Å². The molecule has 110 valence electrons. The molecule has 1 aromatic carbocycles. The normalized spacial score (nSPS) is 20.8. The molecule has 0 saturated carbocycles. The number of hydrogen-bond acceptors (Lipinski definition) is 3. The van der Waals surface area contributed by atoms with Crippen LogP contribution in [-0.2, 0) is 10.0 Å². The summed E-state index contributed by atoms with van der Waals surface area (Å²) in [5.74, 6) is -1.14. The van der Waals surface area contributed by atoms with E-state index >= 15 is 0 Å². The first-order chi connectivity index (χ1) is 9.34. The van der Waals surface area contributed by atoms with Gasteiger partial charge in [0.15, 0.2) is 0 Å². The summed E-state index contributed by atoms with van der Waals surface area (Å²) >= 11 is 3.20. The Kier molecular flexibility index (Phi) is 4.51. The second-order valence-corrected chi connectivity index (χ2v) is 7.62. The van der Waals surface area contributed by atoms with Crippen molar-refractivity contribution in [1.29, 1.82) is 0 Å². The molecule has 1 heterocycles. The highest BCUT2D eigenvalue weighted by molar-refractivity contribution is 9.10. The van der Waals surface area contributed by atoms with Crippen molar-refractivity contribution in [2.75, 3.05) is 6.54 Å². The summed E-state index contributed by atoms with van der Waals surface area (Å²) in [5, 5.41) is 9.00. The van der Waals surface area contributed by atoms with Crippen molar-refractivity contribution >= 4 is 31.9 Å². The van der Waals surface area contributed by atoms with Gasteiger partial charge >= 0.3 is 5.97 Å². The van der Waals surface area contributed by atoms with Gasteiger partial charge in [-0.3, -0.25) is 0 Å². The second-order valence-electron chi connectivity index (χ2n) is 4.91. The summed E-state index contributed by atoms with van der Waals surface area (Å²) in [6.07, 6.45) is 2.68. The molecule has 0 bridgehead atoms. The van der Waals surface area contributed by atoms with E-state index in [0.717, 1.165) is 19.3 Å². The highest BCUT2D eigenvalue weighted by atomic mass is 79.9. The third kappa shape index (κ3) is 2.89. The van der Waals surface area contributed by atoms with E-state index in [0.29, 0.717) is 11.0 Å². The van der Waals surface area contributed by atoms with Crippen LogP contribution in [0.5, 0.6) is 0 Å². The first kappa shape index (κ1) is 15.5. The van der Waals surface area contributed by atoms with Gasteiger partial charge in [0.2, 0.25) is 10.0 Å². The molecule has 1 fully saturated rings. The number of piperidine rings is 1. The van der Waals surface area contributed by atoms with Crippen molar-refractivity contribution in [1.82, 2.24) is 4.31 Å². The zero-order valence-electron chi connectivity index (χ0n) is 11.0. The zero-order chi connectivity index (χ0) is 14.9. The molecule has 1 aliphatic heterocycles. The van der Waals surface area contributed by atoms with Gasteiger partial charge in [-0.2, -0.15) is 4.31 Å². The molecule has 0 aromatic heterocycles. The van der Waals surface area contributed by atoms with E-state index in [1.165, 1.54) is 22.5 Å². The maximum Gasteiger partial charge on any atom is 0.335 e. The van der Waals surface area contributed by atoms with Crippen LogP contribution in [0.2, 0.25) is 0 Å². The number of benzene rings is 1. The fraction of sp³-hybridized carbons (Fsp3) is 0.462. The van der Waals surface area contributed by atoms with Gasteiger partial charge in [0.05, 0.1) is 10.5 Å². The minimum Gasteiger partial charge on any atom is -0.478 e. The lowest BCUT2D eigenvalue weighted by Crippen LogP contribution is -2.42. The molecule has 0 amide bonds. The van der Waals surface area contributed by atoms with Crippen molar-refractivity contribution in [2.45, 2.75) is 37.1 Å². The van der Waals surface area contributed by atoms with Gasteiger partial charge in [0.1, 0.15) is 0 Å². The van der Waals surface area contributed by atoms with Crippen LogP contribution in [0.15, 0.2) is 27.6 Å². The minimum absolute atomic E-state index is 0.0196. The van der Waals surface area contributed by atoms with E-state index in [2.05, 4.69) is 15.9 Å². The summed E-state index contributed by atoms with van der Waals surface area (Å²) in [6, 6.07) is 3.99. The van der Waals surface area contributed by atoms with E-state index in [1.807, 2.05) is 6.92 Å². The highest BCUT2D eigenvalue weighted by Crippen LogP contribution is 2.30. The molecule has 20 heavy (non-hydrogen) atoms. The maximum atomic E-state index is 12.7. The Morgan fingerprint density at radius 1 is 1.40 bits per heavy atom. The van der Waals surface area contributed by atoms with Crippen molar-refractivity contribution in [3.8, 4) is 0 Å². The van der Waals surface area contributed by atoms with Crippen molar-refractivity contribution in [3.63, 3.8) is 0 Å². The molecule has 1 unspecified atom stereocenters. The smallest absolute Gasteiger partial charge is 0.335 e. The lowest BCUT2D eigenvalue weighted by Gasteiger charge is -2.32. The molecule has 1 saturated heterocycles. The Balaban J connectivity index is 2.48. The summed E-state index contributed by atoms with van der Waals surface area (Å²) in [5.41, 5.74) is -0.0311. The Hall–Kier alpha value is -0.920. The first-order valence-corrected chi connectivity index (χ1v) is 8.62. The van der Waals surface area contributed by atoms with Crippen LogP contribution in [-0.4, -0.2) is 36.4 Å². The Bertz CT molecular complexity index is 629. The number of sulfonamides is 1. The fourth-order valence-electron chi connectivity index (χ4n) is 2.39. The van der Waals surface area contributed by atoms with Crippen molar-refractivity contribution in [3.05, 3.63) is 28.2 Å². The van der Waals surface area contributed by atoms with E-state index in [-0.39, 0.29) is 16.5 Å². The average Bonchev–Trinajstić information content (AvgIpc) is 2.39. The topological polar surface area (TPSA) is 74.7 Å². The molecule has 1 N–H and O–H groups in total. The van der Waals surface area contributed by atoms with Crippen LogP contribution in [0, 0.1) is 0 Å². The quantitative estimate of drug-likeness (QED) is 0.897. The highest BCUT2D eigenvalue weighted by Gasteiger charge is 2.32. The standard InChI is InChI=1S/C13H16BrNO4S/c1-9-4-2-3-7-15(9)20(18,19)12-8-10(13(16)17)5-6-11(12)14/h5-6,8-9H,2-4,7H2,1H3,(H,16,17). The molecule has 0 aliphatic carbocycles. The number of rotatable bonds is 3. The molecule has 1 atom stereocenters. The van der Waals surface area contributed by atoms with Gasteiger partial charge in [0, 0.05) is 17.1 Å². The Labute approximate surface area is 126 Å². The number of aromatic carboxylic acids is 1. The molecular formula is C13H16BrNO4S. The van der Waals surface area contributed by atoms with Gasteiger partial charge in [-0.1, -0.05) is 6.42 Å². The molecule has 2 rings (SSSR count). The zero-order valence-corrected chi connectivity index (χ0v) is 13.4. The van der Waals surface area contributed by atoms with Gasteiger partial charge in [-0.15, -0.1) is 0 Å². The molecule has 0 spiro atoms. The summed E-state index contributed by atoms with van der Waals surface area (Å²) in [7, 11) is -3.67. The third-order valence-corrected chi connectivity index (χ3v) is 6.51. The summed E-state index contributed by atoms with van der Waals surface area (Å²) in [6.45, 7) is 2.36. The van der Waals surface area contributed by atoms with Crippen LogP contribution in [0.1, 0.15) is 36.5 Å². The number of carboxylic acids is 1. The van der Waals surface area contributed by atoms with Gasteiger partial charge in [-0.25, -0.2) is 13.2 Å². The minimum atomic E-state index is -3.67. The molecule has 0 radical (unpaired) electrons. The summed E-state index contributed by atoms with van der Waals surface area (Å²) in [4.78, 5) is 11.0. The monoisotopic (exact) mass is 361 g/mol. The van der Waals surface area contributed by atoms with E-state index < -0.39 is 16.0 Å². The largest absolute Gasteiger partial charge is 0.478 e. The molecular weight excluding hydrogens is 346 g/mol. The SMILES string of the molecule is CC1CCCCN1S(=O)(=O)c1cc(C(=O)O)ccc1Br. The van der Waals surface area contributed by atoms with Crippen LogP contribution < -0.4 is 0 Å². The lowest BCUT2D eigenvalue weighted by molar-refractivity contribution is 0.0696. The van der Waals surface area contributed by atoms with Gasteiger partial charge in [0.25, 0.3) is 0 Å². The Morgan fingerprint density at radius 3 is 2.70 bits per heavy atom. The molecule has 7 heteroatoms. The Morgan fingerprint density at radius 2 is 2.10 bits per heavy atom. The summed E-state index contributed by atoms with van der Waals surface area (Å²) < 4.78 is 27.2. The van der Waals surface area contributed by atoms with E-state index in [4.69, 9.17) is 5.11 Å². The number of carbonyl (C=O) groups is 1. The second kappa shape index (κ2) is 5.83.